The number of Topliss-reactive ketones (excluding diaryl/α,β-unsaturated/α-hetero) is 1. The molecule has 4 aliphatic carbocycles. The van der Waals surface area contributed by atoms with E-state index in [0.29, 0.717) is 31.1 Å². The molecule has 0 saturated heterocycles. The number of esters is 2. The van der Waals surface area contributed by atoms with Crippen LogP contribution < -0.4 is 0 Å². The molecule has 0 spiro atoms. The van der Waals surface area contributed by atoms with E-state index in [4.69, 9.17) is 14.6 Å². The number of rotatable bonds is 14. The molecule has 0 aromatic carbocycles. The molecule has 0 aliphatic heterocycles. The van der Waals surface area contributed by atoms with Crippen LogP contribution in [0.1, 0.15) is 112 Å². The van der Waals surface area contributed by atoms with Crippen LogP contribution in [0.15, 0.2) is 0 Å². The Morgan fingerprint density at radius 2 is 1.49 bits per heavy atom. The Morgan fingerprint density at radius 3 is 2.06 bits per heavy atom. The van der Waals surface area contributed by atoms with Gasteiger partial charge in [-0.2, -0.15) is 0 Å². The van der Waals surface area contributed by atoms with Crippen molar-refractivity contribution in [2.45, 2.75) is 130 Å². The maximum atomic E-state index is 13.6. The molecule has 11 atom stereocenters. The van der Waals surface area contributed by atoms with E-state index in [1.165, 1.54) is 0 Å². The first-order chi connectivity index (χ1) is 22.0. The fourth-order valence-electron chi connectivity index (χ4n) is 10.8. The summed E-state index contributed by atoms with van der Waals surface area (Å²) in [5.74, 6) is -3.49. The molecule has 11 heteroatoms. The van der Waals surface area contributed by atoms with Crippen molar-refractivity contribution < 1.29 is 48.8 Å². The zero-order chi connectivity index (χ0) is 34.9. The van der Waals surface area contributed by atoms with E-state index >= 15 is 0 Å². The number of hydrogen-bond acceptors (Lipinski definition) is 9. The van der Waals surface area contributed by atoms with Crippen LogP contribution in [0.2, 0.25) is 0 Å². The van der Waals surface area contributed by atoms with Gasteiger partial charge in [-0.05, 0) is 112 Å². The topological polar surface area (TPSA) is 168 Å². The second-order valence-corrected chi connectivity index (χ2v) is 15.9. The molecule has 4 saturated carbocycles. The molecular formula is C36H57NO10. The first-order valence-electron chi connectivity index (χ1n) is 17.8. The zero-order valence-corrected chi connectivity index (χ0v) is 29.2. The van der Waals surface area contributed by atoms with E-state index in [1.54, 1.807) is 6.92 Å². The molecule has 0 radical (unpaired) electrons. The molecule has 0 aromatic heterocycles. The van der Waals surface area contributed by atoms with Gasteiger partial charge in [0, 0.05) is 11.8 Å². The Bertz CT molecular complexity index is 1200. The molecule has 4 fully saturated rings. The van der Waals surface area contributed by atoms with Gasteiger partial charge in [-0.15, -0.1) is 0 Å². The molecule has 266 valence electrons. The summed E-state index contributed by atoms with van der Waals surface area (Å²) < 4.78 is 12.3. The Kier molecular flexibility index (Phi) is 11.5. The van der Waals surface area contributed by atoms with Gasteiger partial charge in [0.15, 0.2) is 5.60 Å². The molecule has 4 aliphatic rings. The number of aliphatic carboxylic acids is 2. The normalized spacial score (nSPS) is 37.5. The maximum Gasteiger partial charge on any atom is 0.336 e. The van der Waals surface area contributed by atoms with Gasteiger partial charge in [0.05, 0.1) is 19.4 Å². The molecule has 5 unspecified atom stereocenters. The Balaban J connectivity index is 1.58. The Hall–Kier alpha value is -2.53. The van der Waals surface area contributed by atoms with Crippen molar-refractivity contribution in [3.8, 4) is 0 Å². The highest BCUT2D eigenvalue weighted by Crippen LogP contribution is 2.68. The predicted molar refractivity (Wildman–Crippen MR) is 172 cm³/mol. The standard InChI is InChI=1S/C36H57NO10/c1-7-13-37(14-8-2)20-31(42)47-28-17-35(6)25(22(4)38)11-12-26(35)24-10-9-23-15-27(21(3)16-34(23,5)32(24)28)46-30(41)19-36(45,33(43)44)18-29(39)40/h21,23-28,32,45H,7-20H2,1-6H3,(H,39,40)(H,43,44)/t21?,23?,24-,25+,26-,27?,28?,32+,34-,35+,36?/m0/s1. The van der Waals surface area contributed by atoms with Crippen LogP contribution in [0, 0.1) is 46.3 Å². The van der Waals surface area contributed by atoms with Gasteiger partial charge in [-0.25, -0.2) is 4.79 Å². The van der Waals surface area contributed by atoms with Gasteiger partial charge in [0.25, 0.3) is 0 Å². The summed E-state index contributed by atoms with van der Waals surface area (Å²) in [7, 11) is 0. The lowest BCUT2D eigenvalue weighted by atomic mass is 9.43. The molecule has 3 N–H and O–H groups in total. The molecule has 0 aromatic rings. The SMILES string of the molecule is CCCN(CCC)CC(=O)OC1C[C@]2(C)[C@@H](C(C)=O)CC[C@H]2[C@@H]2CCC3CC(OC(=O)CC(O)(CC(=O)O)C(=O)O)C(C)C[C@]3(C)[C@@H]12. The van der Waals surface area contributed by atoms with Crippen LogP contribution in [-0.2, 0) is 33.4 Å². The van der Waals surface area contributed by atoms with Gasteiger partial charge >= 0.3 is 23.9 Å². The third-order valence-electron chi connectivity index (χ3n) is 12.7. The lowest BCUT2D eigenvalue weighted by Gasteiger charge is -2.63. The van der Waals surface area contributed by atoms with Gasteiger partial charge in [0.2, 0.25) is 0 Å². The summed E-state index contributed by atoms with van der Waals surface area (Å²) in [5.41, 5.74) is -3.20. The fraction of sp³-hybridized carbons (Fsp3) is 0.861. The van der Waals surface area contributed by atoms with E-state index in [9.17, 15) is 34.2 Å². The third-order valence-corrected chi connectivity index (χ3v) is 12.7. The van der Waals surface area contributed by atoms with E-state index in [0.717, 1.165) is 51.6 Å². The van der Waals surface area contributed by atoms with Gasteiger partial charge in [-0.1, -0.05) is 34.6 Å². The molecule has 4 rings (SSSR count). The van der Waals surface area contributed by atoms with Crippen LogP contribution in [0.3, 0.4) is 0 Å². The van der Waals surface area contributed by atoms with Crippen molar-refractivity contribution in [2.75, 3.05) is 19.6 Å². The van der Waals surface area contributed by atoms with Crippen LogP contribution in [0.25, 0.3) is 0 Å². The number of ether oxygens (including phenoxy) is 2. The number of carbonyl (C=O) groups excluding carboxylic acids is 3. The first-order valence-corrected chi connectivity index (χ1v) is 17.8. The van der Waals surface area contributed by atoms with E-state index in [-0.39, 0.29) is 58.9 Å². The average molecular weight is 664 g/mol. The highest BCUT2D eigenvalue weighted by atomic mass is 16.6. The van der Waals surface area contributed by atoms with Crippen molar-refractivity contribution in [3.05, 3.63) is 0 Å². The van der Waals surface area contributed by atoms with Crippen molar-refractivity contribution in [1.82, 2.24) is 4.90 Å². The summed E-state index contributed by atoms with van der Waals surface area (Å²) in [5, 5.41) is 28.9. The summed E-state index contributed by atoms with van der Waals surface area (Å²) in [6, 6.07) is 0. The predicted octanol–water partition coefficient (Wildman–Crippen LogP) is 4.72. The first kappa shape index (κ1) is 37.3. The Morgan fingerprint density at radius 1 is 0.851 bits per heavy atom. The monoisotopic (exact) mass is 663 g/mol. The number of hydrogen-bond donors (Lipinski definition) is 3. The lowest BCUT2D eigenvalue weighted by molar-refractivity contribution is -0.208. The summed E-state index contributed by atoms with van der Waals surface area (Å²) in [4.78, 5) is 64.3. The van der Waals surface area contributed by atoms with Crippen LogP contribution in [0.4, 0.5) is 0 Å². The van der Waals surface area contributed by atoms with E-state index in [2.05, 4.69) is 32.6 Å². The van der Waals surface area contributed by atoms with Gasteiger partial charge in [0.1, 0.15) is 18.0 Å². The molecule has 0 bridgehead atoms. The van der Waals surface area contributed by atoms with Crippen molar-refractivity contribution in [3.63, 3.8) is 0 Å². The number of carbonyl (C=O) groups is 5. The number of aliphatic hydroxyl groups is 1. The minimum Gasteiger partial charge on any atom is -0.481 e. The lowest BCUT2D eigenvalue weighted by Crippen LogP contribution is -2.61. The van der Waals surface area contributed by atoms with Crippen molar-refractivity contribution in [2.24, 2.45) is 46.3 Å². The van der Waals surface area contributed by atoms with Crippen LogP contribution >= 0.6 is 0 Å². The number of carboxylic acids is 2. The summed E-state index contributed by atoms with van der Waals surface area (Å²) in [6.07, 6.45) is 4.57. The van der Waals surface area contributed by atoms with E-state index in [1.807, 2.05) is 6.92 Å². The number of nitrogens with zero attached hydrogens (tertiary/aromatic N) is 1. The molecule has 11 nitrogen and oxygen atoms in total. The summed E-state index contributed by atoms with van der Waals surface area (Å²) in [6.45, 7) is 14.3. The summed E-state index contributed by atoms with van der Waals surface area (Å²) >= 11 is 0. The zero-order valence-electron chi connectivity index (χ0n) is 29.2. The van der Waals surface area contributed by atoms with Crippen molar-refractivity contribution in [1.29, 1.82) is 0 Å². The highest BCUT2D eigenvalue weighted by molar-refractivity contribution is 5.88. The third kappa shape index (κ3) is 7.56. The fourth-order valence-corrected chi connectivity index (χ4v) is 10.8. The molecule has 47 heavy (non-hydrogen) atoms. The molecule has 0 heterocycles. The van der Waals surface area contributed by atoms with Gasteiger partial charge in [-0.3, -0.25) is 24.1 Å². The number of fused-ring (bicyclic) bond motifs is 5. The quantitative estimate of drug-likeness (QED) is 0.220. The average Bonchev–Trinajstić information content (AvgIpc) is 3.30. The minimum atomic E-state index is -2.75. The molecular weight excluding hydrogens is 606 g/mol. The van der Waals surface area contributed by atoms with Crippen LogP contribution in [0.5, 0.6) is 0 Å². The van der Waals surface area contributed by atoms with Crippen LogP contribution in [-0.4, -0.2) is 87.3 Å². The second-order valence-electron chi connectivity index (χ2n) is 15.9. The smallest absolute Gasteiger partial charge is 0.336 e. The Labute approximate surface area is 279 Å². The van der Waals surface area contributed by atoms with E-state index < -0.39 is 42.5 Å². The minimum absolute atomic E-state index is 0.0449. The second kappa shape index (κ2) is 14.5. The number of carboxylic acid groups (broad SMARTS) is 2. The van der Waals surface area contributed by atoms with Crippen molar-refractivity contribution >= 4 is 29.7 Å². The van der Waals surface area contributed by atoms with Gasteiger partial charge < -0.3 is 24.8 Å². The highest BCUT2D eigenvalue weighted by Gasteiger charge is 2.65. The maximum absolute atomic E-state index is 13.6. The number of ketones is 1. The largest absolute Gasteiger partial charge is 0.481 e. The molecule has 0 amide bonds.